The molecule has 4 nitrogen and oxygen atoms in total. The number of nitrogens with one attached hydrogen (secondary N) is 1. The third kappa shape index (κ3) is 5.90. The molecule has 1 amide bonds. The van der Waals surface area contributed by atoms with Gasteiger partial charge in [-0.3, -0.25) is 4.79 Å². The quantitative estimate of drug-likeness (QED) is 0.329. The summed E-state index contributed by atoms with van der Waals surface area (Å²) in [6.45, 7) is 12.3. The van der Waals surface area contributed by atoms with Crippen LogP contribution in [0.2, 0.25) is 0 Å². The van der Waals surface area contributed by atoms with Crippen LogP contribution in [0.3, 0.4) is 0 Å². The number of methoxy groups -OCH3 is 1. The third-order valence-corrected chi connectivity index (χ3v) is 7.48. The Kier molecular flexibility index (Phi) is 7.77. The Morgan fingerprint density at radius 2 is 1.54 bits per heavy atom. The maximum absolute atomic E-state index is 12.0. The lowest BCUT2D eigenvalue weighted by molar-refractivity contribution is -0.116. The number of likely N-dealkylation sites (N-methyl/N-ethyl adjacent to an activating group) is 1. The SMILES string of the molecule is CCNC(=O)/C=C/c1ccc(OC)c(-c2cc3c(cc2OCc2ccccc2)C(C)(C)CCC3(C)C)c1. The molecule has 0 spiro atoms. The summed E-state index contributed by atoms with van der Waals surface area (Å²) in [6, 6.07) is 20.8. The van der Waals surface area contributed by atoms with Crippen LogP contribution in [0.15, 0.2) is 66.7 Å². The van der Waals surface area contributed by atoms with E-state index >= 15 is 0 Å². The fraction of sp³-hybridized carbons (Fsp3) is 0.364. The van der Waals surface area contributed by atoms with Crippen molar-refractivity contribution in [1.29, 1.82) is 0 Å². The molecule has 0 fully saturated rings. The molecule has 1 aliphatic carbocycles. The molecule has 1 aliphatic rings. The molecule has 0 atom stereocenters. The lowest BCUT2D eigenvalue weighted by atomic mass is 9.62. The van der Waals surface area contributed by atoms with E-state index in [1.807, 2.05) is 43.3 Å². The molecule has 0 aromatic heterocycles. The lowest BCUT2D eigenvalue weighted by Gasteiger charge is -2.42. The van der Waals surface area contributed by atoms with Crippen LogP contribution >= 0.6 is 0 Å². The van der Waals surface area contributed by atoms with Crippen LogP contribution in [0.4, 0.5) is 0 Å². The number of ether oxygens (including phenoxy) is 2. The predicted molar refractivity (Wildman–Crippen MR) is 152 cm³/mol. The summed E-state index contributed by atoms with van der Waals surface area (Å²) in [5.41, 5.74) is 6.83. The molecule has 0 saturated carbocycles. The van der Waals surface area contributed by atoms with Crippen LogP contribution in [-0.4, -0.2) is 19.6 Å². The monoisotopic (exact) mass is 497 g/mol. The Morgan fingerprint density at radius 3 is 2.19 bits per heavy atom. The zero-order valence-corrected chi connectivity index (χ0v) is 23.0. The van der Waals surface area contributed by atoms with Gasteiger partial charge in [-0.1, -0.05) is 64.1 Å². The van der Waals surface area contributed by atoms with E-state index in [4.69, 9.17) is 9.47 Å². The highest BCUT2D eigenvalue weighted by Crippen LogP contribution is 2.50. The molecule has 1 N–H and O–H groups in total. The lowest BCUT2D eigenvalue weighted by Crippen LogP contribution is -2.33. The van der Waals surface area contributed by atoms with Gasteiger partial charge < -0.3 is 14.8 Å². The Hall–Kier alpha value is -3.53. The van der Waals surface area contributed by atoms with Gasteiger partial charge in [-0.15, -0.1) is 0 Å². The van der Waals surface area contributed by atoms with E-state index in [9.17, 15) is 4.79 Å². The number of fused-ring (bicyclic) bond motifs is 1. The highest BCUT2D eigenvalue weighted by atomic mass is 16.5. The number of amides is 1. The normalized spacial score (nSPS) is 15.7. The predicted octanol–water partition coefficient (Wildman–Crippen LogP) is 7.44. The summed E-state index contributed by atoms with van der Waals surface area (Å²) in [5.74, 6) is 1.51. The molecule has 0 radical (unpaired) electrons. The van der Waals surface area contributed by atoms with Gasteiger partial charge in [0.15, 0.2) is 0 Å². The number of benzene rings is 3. The Morgan fingerprint density at radius 1 is 0.892 bits per heavy atom. The third-order valence-electron chi connectivity index (χ3n) is 7.48. The van der Waals surface area contributed by atoms with Crippen molar-refractivity contribution in [2.75, 3.05) is 13.7 Å². The van der Waals surface area contributed by atoms with Gasteiger partial charge in [0.05, 0.1) is 7.11 Å². The highest BCUT2D eigenvalue weighted by molar-refractivity contribution is 5.92. The second kappa shape index (κ2) is 10.8. The van der Waals surface area contributed by atoms with Gasteiger partial charge in [-0.2, -0.15) is 0 Å². The van der Waals surface area contributed by atoms with E-state index in [1.165, 1.54) is 11.1 Å². The molecular formula is C33H39NO3. The molecule has 194 valence electrons. The molecule has 0 aliphatic heterocycles. The summed E-state index contributed by atoms with van der Waals surface area (Å²) in [7, 11) is 1.69. The first-order chi connectivity index (χ1) is 17.6. The Labute approximate surface area is 221 Å². The number of carbonyl (C=O) groups is 1. The average molecular weight is 498 g/mol. The van der Waals surface area contributed by atoms with Crippen LogP contribution in [0.5, 0.6) is 11.5 Å². The maximum atomic E-state index is 12.0. The fourth-order valence-electron chi connectivity index (χ4n) is 5.10. The molecule has 0 unspecified atom stereocenters. The zero-order valence-electron chi connectivity index (χ0n) is 23.0. The molecule has 4 heteroatoms. The average Bonchev–Trinajstić information content (AvgIpc) is 2.89. The minimum Gasteiger partial charge on any atom is -0.496 e. The molecule has 0 bridgehead atoms. The van der Waals surface area contributed by atoms with E-state index in [1.54, 1.807) is 13.2 Å². The van der Waals surface area contributed by atoms with E-state index < -0.39 is 0 Å². The van der Waals surface area contributed by atoms with E-state index in [-0.39, 0.29) is 16.7 Å². The second-order valence-electron chi connectivity index (χ2n) is 11.1. The molecule has 3 aromatic carbocycles. The molecule has 4 rings (SSSR count). The first-order valence-electron chi connectivity index (χ1n) is 13.1. The van der Waals surface area contributed by atoms with Gasteiger partial charge in [0.25, 0.3) is 0 Å². The number of carbonyl (C=O) groups excluding carboxylic acids is 1. The molecule has 3 aromatic rings. The molecule has 37 heavy (non-hydrogen) atoms. The number of hydrogen-bond donors (Lipinski definition) is 1. The zero-order chi connectivity index (χ0) is 26.6. The van der Waals surface area contributed by atoms with Crippen molar-refractivity contribution in [3.63, 3.8) is 0 Å². The summed E-state index contributed by atoms with van der Waals surface area (Å²) in [4.78, 5) is 12.0. The van der Waals surface area contributed by atoms with E-state index in [2.05, 4.69) is 63.3 Å². The Bertz CT molecular complexity index is 1290. The fourth-order valence-corrected chi connectivity index (χ4v) is 5.10. The van der Waals surface area contributed by atoms with Gasteiger partial charge in [0.2, 0.25) is 5.91 Å². The van der Waals surface area contributed by atoms with Crippen molar-refractivity contribution in [2.45, 2.75) is 64.9 Å². The van der Waals surface area contributed by atoms with Crippen LogP contribution in [0, 0.1) is 0 Å². The molecular weight excluding hydrogens is 458 g/mol. The summed E-state index contributed by atoms with van der Waals surface area (Å²) >= 11 is 0. The maximum Gasteiger partial charge on any atom is 0.243 e. The van der Waals surface area contributed by atoms with Crippen molar-refractivity contribution in [2.24, 2.45) is 0 Å². The van der Waals surface area contributed by atoms with E-state index in [0.717, 1.165) is 46.6 Å². The molecule has 0 saturated heterocycles. The largest absolute Gasteiger partial charge is 0.496 e. The summed E-state index contributed by atoms with van der Waals surface area (Å²) < 4.78 is 12.4. The van der Waals surface area contributed by atoms with Crippen LogP contribution < -0.4 is 14.8 Å². The van der Waals surface area contributed by atoms with Gasteiger partial charge in [0.1, 0.15) is 18.1 Å². The first-order valence-corrected chi connectivity index (χ1v) is 13.1. The van der Waals surface area contributed by atoms with Gasteiger partial charge in [0, 0.05) is 23.7 Å². The van der Waals surface area contributed by atoms with Gasteiger partial charge >= 0.3 is 0 Å². The smallest absolute Gasteiger partial charge is 0.243 e. The van der Waals surface area contributed by atoms with Gasteiger partial charge in [-0.05, 0) is 83.2 Å². The minimum absolute atomic E-state index is 0.0561. The van der Waals surface area contributed by atoms with Crippen molar-refractivity contribution in [3.8, 4) is 22.6 Å². The Balaban J connectivity index is 1.86. The minimum atomic E-state index is -0.107. The summed E-state index contributed by atoms with van der Waals surface area (Å²) in [5, 5.41) is 2.81. The van der Waals surface area contributed by atoms with Crippen LogP contribution in [-0.2, 0) is 22.2 Å². The van der Waals surface area contributed by atoms with Crippen LogP contribution in [0.25, 0.3) is 17.2 Å². The summed E-state index contributed by atoms with van der Waals surface area (Å²) in [6.07, 6.45) is 5.67. The highest BCUT2D eigenvalue weighted by Gasteiger charge is 2.38. The van der Waals surface area contributed by atoms with E-state index in [0.29, 0.717) is 13.2 Å². The van der Waals surface area contributed by atoms with Crippen molar-refractivity contribution >= 4 is 12.0 Å². The van der Waals surface area contributed by atoms with Crippen molar-refractivity contribution in [1.82, 2.24) is 5.32 Å². The van der Waals surface area contributed by atoms with Crippen LogP contribution in [0.1, 0.15) is 69.7 Å². The van der Waals surface area contributed by atoms with Gasteiger partial charge in [-0.25, -0.2) is 0 Å². The topological polar surface area (TPSA) is 47.6 Å². The second-order valence-corrected chi connectivity index (χ2v) is 11.1. The standard InChI is InChI=1S/C33H39NO3/c1-7-34-31(35)16-14-23-13-15-29(36-6)25(19-23)26-20-27-28(33(4,5)18-17-32(27,2)3)21-30(26)37-22-24-11-9-8-10-12-24/h8-16,19-21H,7,17-18,22H2,1-6H3,(H,34,35)/b16-14+. The molecule has 0 heterocycles. The number of rotatable bonds is 8. The van der Waals surface area contributed by atoms with Crippen molar-refractivity contribution in [3.05, 3.63) is 89.0 Å². The number of hydrogen-bond acceptors (Lipinski definition) is 3. The first kappa shape index (κ1) is 26.5. The van der Waals surface area contributed by atoms with Crippen molar-refractivity contribution < 1.29 is 14.3 Å².